The van der Waals surface area contributed by atoms with Gasteiger partial charge >= 0.3 is 0 Å². The largest absolute Gasteiger partial charge is 0.396 e. The van der Waals surface area contributed by atoms with Gasteiger partial charge in [-0.15, -0.1) is 0 Å². The molecule has 3 aliphatic carbocycles. The molecule has 86 valence electrons. The van der Waals surface area contributed by atoms with Crippen LogP contribution in [0.5, 0.6) is 0 Å². The summed E-state index contributed by atoms with van der Waals surface area (Å²) < 4.78 is 12.1. The van der Waals surface area contributed by atoms with Crippen molar-refractivity contribution in [2.45, 2.75) is 57.0 Å². The van der Waals surface area contributed by atoms with Gasteiger partial charge in [0, 0.05) is 13.0 Å². The van der Waals surface area contributed by atoms with E-state index in [1.54, 1.807) is 0 Å². The fourth-order valence-corrected chi connectivity index (χ4v) is 3.80. The average molecular weight is 212 g/mol. The van der Waals surface area contributed by atoms with Crippen LogP contribution in [0.15, 0.2) is 0 Å². The quantitative estimate of drug-likeness (QED) is 0.757. The first-order valence-electron chi connectivity index (χ1n) is 6.04. The maximum Gasteiger partial charge on any atom is 0.164 e. The van der Waals surface area contributed by atoms with E-state index in [1.165, 1.54) is 12.8 Å². The zero-order valence-electron chi connectivity index (χ0n) is 9.53. The smallest absolute Gasteiger partial charge is 0.164 e. The average Bonchev–Trinajstić information content (AvgIpc) is 2.32. The van der Waals surface area contributed by atoms with Gasteiger partial charge < -0.3 is 14.6 Å². The van der Waals surface area contributed by atoms with Crippen LogP contribution in [-0.4, -0.2) is 29.2 Å². The van der Waals surface area contributed by atoms with Crippen molar-refractivity contribution in [2.24, 2.45) is 11.8 Å². The second-order valence-electron chi connectivity index (χ2n) is 5.81. The third kappa shape index (κ3) is 1.30. The van der Waals surface area contributed by atoms with Crippen LogP contribution < -0.4 is 0 Å². The Morgan fingerprint density at radius 3 is 2.67 bits per heavy atom. The van der Waals surface area contributed by atoms with Crippen LogP contribution in [0.1, 0.15) is 39.5 Å². The van der Waals surface area contributed by atoms with E-state index in [4.69, 9.17) is 9.47 Å². The fourth-order valence-electron chi connectivity index (χ4n) is 3.80. The van der Waals surface area contributed by atoms with Crippen LogP contribution in [0.2, 0.25) is 0 Å². The van der Waals surface area contributed by atoms with E-state index in [-0.39, 0.29) is 18.3 Å². The van der Waals surface area contributed by atoms with E-state index < -0.39 is 5.79 Å². The van der Waals surface area contributed by atoms with E-state index in [0.717, 1.165) is 18.8 Å². The number of rotatable bonds is 2. The highest BCUT2D eigenvalue weighted by atomic mass is 16.8. The maximum atomic E-state index is 9.23. The molecule has 2 atom stereocenters. The second kappa shape index (κ2) is 2.96. The summed E-state index contributed by atoms with van der Waals surface area (Å²) in [6.45, 7) is 4.18. The molecule has 0 aromatic heterocycles. The lowest BCUT2D eigenvalue weighted by Gasteiger charge is -2.54. The Morgan fingerprint density at radius 1 is 1.27 bits per heavy atom. The van der Waals surface area contributed by atoms with Gasteiger partial charge in [-0.05, 0) is 44.9 Å². The van der Waals surface area contributed by atoms with Gasteiger partial charge in [0.25, 0.3) is 0 Å². The van der Waals surface area contributed by atoms with Crippen molar-refractivity contribution >= 4 is 0 Å². The molecule has 0 unspecified atom stereocenters. The summed E-state index contributed by atoms with van der Waals surface area (Å²) in [6, 6.07) is 0. The first-order valence-corrected chi connectivity index (χ1v) is 6.04. The van der Waals surface area contributed by atoms with Crippen LogP contribution in [0, 0.1) is 11.8 Å². The highest BCUT2D eigenvalue weighted by molar-refractivity contribution is 5.10. The van der Waals surface area contributed by atoms with Crippen molar-refractivity contribution in [2.75, 3.05) is 6.61 Å². The minimum Gasteiger partial charge on any atom is -0.396 e. The summed E-state index contributed by atoms with van der Waals surface area (Å²) in [5.74, 6) is 1.01. The molecule has 4 fully saturated rings. The highest BCUT2D eigenvalue weighted by Gasteiger charge is 2.63. The van der Waals surface area contributed by atoms with Crippen molar-refractivity contribution in [3.8, 4) is 0 Å². The molecule has 3 heteroatoms. The predicted octanol–water partition coefficient (Wildman–Crippen LogP) is 1.69. The van der Waals surface area contributed by atoms with Gasteiger partial charge in [0.1, 0.15) is 5.60 Å². The molecule has 15 heavy (non-hydrogen) atoms. The summed E-state index contributed by atoms with van der Waals surface area (Å²) in [6.07, 6.45) is 4.63. The minimum absolute atomic E-state index is 0.174. The zero-order valence-corrected chi connectivity index (χ0v) is 9.53. The van der Waals surface area contributed by atoms with Crippen molar-refractivity contribution in [3.63, 3.8) is 0 Å². The zero-order chi connectivity index (χ0) is 10.7. The molecule has 4 rings (SSSR count). The normalized spacial score (nSPS) is 51.0. The van der Waals surface area contributed by atoms with Crippen molar-refractivity contribution in [1.29, 1.82) is 0 Å². The van der Waals surface area contributed by atoms with Crippen molar-refractivity contribution in [1.82, 2.24) is 0 Å². The molecule has 1 aliphatic heterocycles. The summed E-state index contributed by atoms with van der Waals surface area (Å²) in [5, 5.41) is 9.23. The summed E-state index contributed by atoms with van der Waals surface area (Å²) in [7, 11) is 0. The Hall–Kier alpha value is -0.120. The van der Waals surface area contributed by atoms with Gasteiger partial charge in [-0.1, -0.05) is 0 Å². The van der Waals surface area contributed by atoms with Crippen molar-refractivity contribution < 1.29 is 14.6 Å². The number of aliphatic hydroxyl groups excluding tert-OH is 1. The first-order chi connectivity index (χ1) is 7.06. The van der Waals surface area contributed by atoms with Crippen LogP contribution in [-0.2, 0) is 9.47 Å². The molecule has 0 aromatic carbocycles. The molecule has 4 aliphatic rings. The Morgan fingerprint density at radius 2 is 2.00 bits per heavy atom. The number of ether oxygens (including phenoxy) is 2. The van der Waals surface area contributed by atoms with Gasteiger partial charge in [0.15, 0.2) is 5.79 Å². The molecule has 0 spiro atoms. The number of aliphatic hydroxyl groups is 1. The van der Waals surface area contributed by atoms with E-state index in [9.17, 15) is 5.11 Å². The standard InChI is InChI=1S/C12H20O3/c1-11(2)14-10-7-8-5-9(6-8)12(10,15-11)3-4-13/h8-10,13H,3-7H2,1-2H3/t8-,9+,10-,12+/m0/s1. The molecule has 1 heterocycles. The van der Waals surface area contributed by atoms with Gasteiger partial charge in [0.2, 0.25) is 0 Å². The van der Waals surface area contributed by atoms with Gasteiger partial charge in [-0.3, -0.25) is 0 Å². The Labute approximate surface area is 90.8 Å². The lowest BCUT2D eigenvalue weighted by molar-refractivity contribution is -0.190. The molecule has 1 N–H and O–H groups in total. The first kappa shape index (κ1) is 10.1. The Balaban J connectivity index is 1.90. The van der Waals surface area contributed by atoms with E-state index in [0.29, 0.717) is 5.92 Å². The molecule has 3 saturated carbocycles. The molecule has 2 bridgehead atoms. The van der Waals surface area contributed by atoms with Crippen LogP contribution in [0.25, 0.3) is 0 Å². The highest BCUT2D eigenvalue weighted by Crippen LogP contribution is 2.59. The Kier molecular flexibility index (Phi) is 1.99. The van der Waals surface area contributed by atoms with Gasteiger partial charge in [0.05, 0.1) is 6.10 Å². The number of hydrogen-bond acceptors (Lipinski definition) is 3. The van der Waals surface area contributed by atoms with E-state index in [1.807, 2.05) is 13.8 Å². The number of hydrogen-bond donors (Lipinski definition) is 1. The van der Waals surface area contributed by atoms with Crippen LogP contribution in [0.4, 0.5) is 0 Å². The third-order valence-electron chi connectivity index (χ3n) is 4.38. The molecule has 1 saturated heterocycles. The molecular weight excluding hydrogens is 192 g/mol. The summed E-state index contributed by atoms with van der Waals surface area (Å²) >= 11 is 0. The molecule has 3 nitrogen and oxygen atoms in total. The lowest BCUT2D eigenvalue weighted by Crippen LogP contribution is -2.58. The topological polar surface area (TPSA) is 38.7 Å². The third-order valence-corrected chi connectivity index (χ3v) is 4.38. The molecule has 0 radical (unpaired) electrons. The van der Waals surface area contributed by atoms with Gasteiger partial charge in [-0.25, -0.2) is 0 Å². The molecular formula is C12H20O3. The van der Waals surface area contributed by atoms with Crippen molar-refractivity contribution in [3.05, 3.63) is 0 Å². The second-order valence-corrected chi connectivity index (χ2v) is 5.81. The lowest BCUT2D eigenvalue weighted by atomic mass is 9.55. The predicted molar refractivity (Wildman–Crippen MR) is 55.3 cm³/mol. The van der Waals surface area contributed by atoms with E-state index in [2.05, 4.69) is 0 Å². The molecule has 0 aromatic rings. The van der Waals surface area contributed by atoms with Crippen LogP contribution >= 0.6 is 0 Å². The van der Waals surface area contributed by atoms with Gasteiger partial charge in [-0.2, -0.15) is 0 Å². The Bertz CT molecular complexity index is 270. The van der Waals surface area contributed by atoms with E-state index >= 15 is 0 Å². The van der Waals surface area contributed by atoms with Crippen LogP contribution in [0.3, 0.4) is 0 Å². The molecule has 0 amide bonds. The SMILES string of the molecule is CC1(C)O[C@H]2C[C@H]3C[C@H](C3)[C@@]2(CCO)O1. The fraction of sp³-hybridized carbons (Fsp3) is 1.00. The minimum atomic E-state index is -0.461. The summed E-state index contributed by atoms with van der Waals surface area (Å²) in [4.78, 5) is 0. The monoisotopic (exact) mass is 212 g/mol. The maximum absolute atomic E-state index is 9.23. The summed E-state index contributed by atoms with van der Waals surface area (Å²) in [5.41, 5.74) is -0.174.